The van der Waals surface area contributed by atoms with Gasteiger partial charge in [0.05, 0.1) is 23.5 Å². The maximum absolute atomic E-state index is 13.1. The van der Waals surface area contributed by atoms with Crippen molar-refractivity contribution in [3.8, 4) is 11.3 Å². The van der Waals surface area contributed by atoms with Gasteiger partial charge in [-0.05, 0) is 36.4 Å². The SMILES string of the molecule is O=C(NCc1cc(-c2ccc(F)cc2)ncn1)c1c[nH]c2ccccc12. The van der Waals surface area contributed by atoms with Crippen molar-refractivity contribution in [3.63, 3.8) is 0 Å². The zero-order valence-electron chi connectivity index (χ0n) is 13.7. The molecule has 0 fully saturated rings. The fourth-order valence-corrected chi connectivity index (χ4v) is 2.80. The largest absolute Gasteiger partial charge is 0.360 e. The van der Waals surface area contributed by atoms with Gasteiger partial charge < -0.3 is 10.3 Å². The molecule has 0 saturated carbocycles. The van der Waals surface area contributed by atoms with Crippen LogP contribution < -0.4 is 5.32 Å². The number of benzene rings is 2. The van der Waals surface area contributed by atoms with E-state index in [-0.39, 0.29) is 18.3 Å². The Bertz CT molecular complexity index is 1070. The van der Waals surface area contributed by atoms with Gasteiger partial charge in [0.15, 0.2) is 0 Å². The van der Waals surface area contributed by atoms with Crippen molar-refractivity contribution in [2.45, 2.75) is 6.54 Å². The third-order valence-corrected chi connectivity index (χ3v) is 4.13. The molecule has 2 aromatic heterocycles. The highest BCUT2D eigenvalue weighted by Gasteiger charge is 2.12. The summed E-state index contributed by atoms with van der Waals surface area (Å²) in [6, 6.07) is 15.5. The number of H-pyrrole nitrogens is 1. The topological polar surface area (TPSA) is 70.7 Å². The minimum atomic E-state index is -0.297. The highest BCUT2D eigenvalue weighted by molar-refractivity contribution is 6.06. The number of aromatic nitrogens is 3. The van der Waals surface area contributed by atoms with Crippen LogP contribution in [0, 0.1) is 5.82 Å². The van der Waals surface area contributed by atoms with E-state index in [4.69, 9.17) is 0 Å². The predicted octanol–water partition coefficient (Wildman–Crippen LogP) is 3.69. The molecule has 0 unspecified atom stereocenters. The van der Waals surface area contributed by atoms with E-state index in [9.17, 15) is 9.18 Å². The summed E-state index contributed by atoms with van der Waals surface area (Å²) in [5, 5.41) is 3.75. The average molecular weight is 346 g/mol. The fraction of sp³-hybridized carbons (Fsp3) is 0.0500. The van der Waals surface area contributed by atoms with Gasteiger partial charge in [0.1, 0.15) is 12.1 Å². The van der Waals surface area contributed by atoms with Crippen LogP contribution in [0.5, 0.6) is 0 Å². The van der Waals surface area contributed by atoms with Gasteiger partial charge in [-0.3, -0.25) is 4.79 Å². The molecule has 2 aromatic carbocycles. The number of hydrogen-bond acceptors (Lipinski definition) is 3. The number of carbonyl (C=O) groups is 1. The standard InChI is InChI=1S/C20H15FN4O/c21-14-7-5-13(6-8-14)19-9-15(24-12-25-19)10-23-20(26)17-11-22-18-4-2-1-3-16(17)18/h1-9,11-12,22H,10H2,(H,23,26). The summed E-state index contributed by atoms with van der Waals surface area (Å²) < 4.78 is 13.1. The van der Waals surface area contributed by atoms with Crippen molar-refractivity contribution >= 4 is 16.8 Å². The predicted molar refractivity (Wildman–Crippen MR) is 96.9 cm³/mol. The van der Waals surface area contributed by atoms with Crippen molar-refractivity contribution < 1.29 is 9.18 Å². The quantitative estimate of drug-likeness (QED) is 0.592. The number of aromatic amines is 1. The van der Waals surface area contributed by atoms with Crippen LogP contribution in [0.4, 0.5) is 4.39 Å². The van der Waals surface area contributed by atoms with Gasteiger partial charge >= 0.3 is 0 Å². The number of amides is 1. The van der Waals surface area contributed by atoms with Gasteiger partial charge in [0.2, 0.25) is 0 Å². The van der Waals surface area contributed by atoms with Crippen LogP contribution in [-0.2, 0) is 6.54 Å². The molecule has 26 heavy (non-hydrogen) atoms. The molecule has 6 heteroatoms. The molecule has 5 nitrogen and oxygen atoms in total. The molecule has 0 bridgehead atoms. The molecule has 0 aliphatic rings. The summed E-state index contributed by atoms with van der Waals surface area (Å²) in [6.45, 7) is 0.273. The van der Waals surface area contributed by atoms with Crippen molar-refractivity contribution in [3.05, 3.63) is 84.2 Å². The molecule has 128 valence electrons. The number of para-hydroxylation sites is 1. The summed E-state index contributed by atoms with van der Waals surface area (Å²) in [4.78, 5) is 24.0. The number of nitrogens with zero attached hydrogens (tertiary/aromatic N) is 2. The van der Waals surface area contributed by atoms with E-state index in [1.165, 1.54) is 18.5 Å². The van der Waals surface area contributed by atoms with Gasteiger partial charge in [-0.1, -0.05) is 18.2 Å². The van der Waals surface area contributed by atoms with Gasteiger partial charge in [-0.25, -0.2) is 14.4 Å². The fourth-order valence-electron chi connectivity index (χ4n) is 2.80. The second kappa shape index (κ2) is 6.76. The Morgan fingerprint density at radius 3 is 2.73 bits per heavy atom. The van der Waals surface area contributed by atoms with Crippen LogP contribution in [0.1, 0.15) is 16.1 Å². The Balaban J connectivity index is 1.50. The molecule has 0 aliphatic carbocycles. The molecule has 4 rings (SSSR count). The first-order valence-corrected chi connectivity index (χ1v) is 8.12. The Labute approximate surface area is 148 Å². The molecule has 2 N–H and O–H groups in total. The summed E-state index contributed by atoms with van der Waals surface area (Å²) in [6.07, 6.45) is 3.13. The lowest BCUT2D eigenvalue weighted by molar-refractivity contribution is 0.0952. The van der Waals surface area contributed by atoms with Gasteiger partial charge in [0, 0.05) is 22.7 Å². The monoisotopic (exact) mass is 346 g/mol. The van der Waals surface area contributed by atoms with Crippen LogP contribution in [-0.4, -0.2) is 20.9 Å². The maximum Gasteiger partial charge on any atom is 0.253 e. The number of rotatable bonds is 4. The van der Waals surface area contributed by atoms with Gasteiger partial charge in [-0.2, -0.15) is 0 Å². The molecule has 0 radical (unpaired) electrons. The Morgan fingerprint density at radius 1 is 1.08 bits per heavy atom. The number of carbonyl (C=O) groups excluding carboxylic acids is 1. The van der Waals surface area contributed by atoms with Crippen LogP contribution in [0.15, 0.2) is 67.1 Å². The molecular formula is C20H15FN4O. The summed E-state index contributed by atoms with van der Waals surface area (Å²) in [5.74, 6) is -0.474. The second-order valence-electron chi connectivity index (χ2n) is 5.83. The number of nitrogens with one attached hydrogen (secondary N) is 2. The lowest BCUT2D eigenvalue weighted by Crippen LogP contribution is -2.23. The van der Waals surface area contributed by atoms with Crippen LogP contribution >= 0.6 is 0 Å². The first kappa shape index (κ1) is 16.0. The van der Waals surface area contributed by atoms with E-state index >= 15 is 0 Å². The van der Waals surface area contributed by atoms with Crippen LogP contribution in [0.2, 0.25) is 0 Å². The summed E-state index contributed by atoms with van der Waals surface area (Å²) >= 11 is 0. The molecule has 4 aromatic rings. The second-order valence-corrected chi connectivity index (χ2v) is 5.83. The van der Waals surface area contributed by atoms with Crippen molar-refractivity contribution in [2.75, 3.05) is 0 Å². The molecular weight excluding hydrogens is 331 g/mol. The summed E-state index contributed by atoms with van der Waals surface area (Å²) in [5.41, 5.74) is 3.65. The number of halogens is 1. The van der Waals surface area contributed by atoms with Crippen molar-refractivity contribution in [1.82, 2.24) is 20.3 Å². The third kappa shape index (κ3) is 3.17. The van der Waals surface area contributed by atoms with Crippen molar-refractivity contribution in [2.24, 2.45) is 0 Å². The average Bonchev–Trinajstić information content (AvgIpc) is 3.11. The first-order valence-electron chi connectivity index (χ1n) is 8.12. The van der Waals surface area contributed by atoms with Gasteiger partial charge in [-0.15, -0.1) is 0 Å². The number of fused-ring (bicyclic) bond motifs is 1. The van der Waals surface area contributed by atoms with E-state index in [2.05, 4.69) is 20.3 Å². The molecule has 1 amide bonds. The van der Waals surface area contributed by atoms with Crippen LogP contribution in [0.3, 0.4) is 0 Å². The summed E-state index contributed by atoms with van der Waals surface area (Å²) in [7, 11) is 0. The Hall–Kier alpha value is -3.54. The third-order valence-electron chi connectivity index (χ3n) is 4.13. The molecule has 2 heterocycles. The van der Waals surface area contributed by atoms with Crippen LogP contribution in [0.25, 0.3) is 22.2 Å². The van der Waals surface area contributed by atoms with E-state index in [0.29, 0.717) is 17.0 Å². The molecule has 0 spiro atoms. The smallest absolute Gasteiger partial charge is 0.253 e. The first-order chi connectivity index (χ1) is 12.7. The lowest BCUT2D eigenvalue weighted by Gasteiger charge is -2.06. The minimum absolute atomic E-state index is 0.176. The van der Waals surface area contributed by atoms with E-state index < -0.39 is 0 Å². The zero-order valence-corrected chi connectivity index (χ0v) is 13.7. The van der Waals surface area contributed by atoms with E-state index in [0.717, 1.165) is 16.5 Å². The molecule has 0 atom stereocenters. The van der Waals surface area contributed by atoms with Crippen molar-refractivity contribution in [1.29, 1.82) is 0 Å². The van der Waals surface area contributed by atoms with Gasteiger partial charge in [0.25, 0.3) is 5.91 Å². The lowest BCUT2D eigenvalue weighted by atomic mass is 10.1. The van der Waals surface area contributed by atoms with E-state index in [1.807, 2.05) is 24.3 Å². The highest BCUT2D eigenvalue weighted by Crippen LogP contribution is 2.19. The Morgan fingerprint density at radius 2 is 1.88 bits per heavy atom. The Kier molecular flexibility index (Phi) is 4.15. The minimum Gasteiger partial charge on any atom is -0.360 e. The molecule has 0 saturated heterocycles. The normalized spacial score (nSPS) is 10.8. The van der Waals surface area contributed by atoms with E-state index in [1.54, 1.807) is 24.4 Å². The molecule has 0 aliphatic heterocycles. The maximum atomic E-state index is 13.1. The number of hydrogen-bond donors (Lipinski definition) is 2. The highest BCUT2D eigenvalue weighted by atomic mass is 19.1. The zero-order chi connectivity index (χ0) is 17.9.